The standard InChI is InChI=1S/C17H19NO3/c1-2-21-17(8-11-20-12-9-17)16(19)14-7-3-5-13-6-4-10-18-15(13)14/h3-7,10H,2,8-9,11-12H2,1H3. The van der Waals surface area contributed by atoms with E-state index < -0.39 is 5.60 Å². The Labute approximate surface area is 124 Å². The maximum absolute atomic E-state index is 13.1. The maximum atomic E-state index is 13.1. The van der Waals surface area contributed by atoms with Gasteiger partial charge in [-0.1, -0.05) is 18.2 Å². The van der Waals surface area contributed by atoms with Gasteiger partial charge in [-0.05, 0) is 19.1 Å². The molecule has 1 aliphatic rings. The second-order valence-electron chi connectivity index (χ2n) is 5.25. The fraction of sp³-hybridized carbons (Fsp3) is 0.412. The third kappa shape index (κ3) is 2.57. The molecule has 1 aromatic carbocycles. The van der Waals surface area contributed by atoms with E-state index in [9.17, 15) is 4.79 Å². The van der Waals surface area contributed by atoms with Crippen molar-refractivity contribution in [2.75, 3.05) is 19.8 Å². The van der Waals surface area contributed by atoms with E-state index in [-0.39, 0.29) is 5.78 Å². The summed E-state index contributed by atoms with van der Waals surface area (Å²) in [7, 11) is 0. The predicted octanol–water partition coefficient (Wildman–Crippen LogP) is 3.00. The first-order chi connectivity index (χ1) is 10.3. The molecular formula is C17H19NO3. The average molecular weight is 285 g/mol. The first-order valence-electron chi connectivity index (χ1n) is 7.37. The van der Waals surface area contributed by atoms with Crippen molar-refractivity contribution in [1.82, 2.24) is 4.98 Å². The molecule has 21 heavy (non-hydrogen) atoms. The summed E-state index contributed by atoms with van der Waals surface area (Å²) >= 11 is 0. The van der Waals surface area contributed by atoms with Crippen LogP contribution in [0.2, 0.25) is 0 Å². The lowest BCUT2D eigenvalue weighted by molar-refractivity contribution is -0.0821. The number of fused-ring (bicyclic) bond motifs is 1. The Morgan fingerprint density at radius 3 is 2.81 bits per heavy atom. The van der Waals surface area contributed by atoms with Gasteiger partial charge in [-0.2, -0.15) is 0 Å². The van der Waals surface area contributed by atoms with Crippen molar-refractivity contribution in [2.45, 2.75) is 25.4 Å². The van der Waals surface area contributed by atoms with Crippen molar-refractivity contribution in [3.05, 3.63) is 42.1 Å². The molecule has 0 aliphatic carbocycles. The molecular weight excluding hydrogens is 266 g/mol. The number of ether oxygens (including phenoxy) is 2. The average Bonchev–Trinajstić information content (AvgIpc) is 2.55. The van der Waals surface area contributed by atoms with Crippen molar-refractivity contribution in [3.8, 4) is 0 Å². The Kier molecular flexibility index (Phi) is 3.99. The van der Waals surface area contributed by atoms with Gasteiger partial charge in [-0.15, -0.1) is 0 Å². The number of hydrogen-bond donors (Lipinski definition) is 0. The number of ketones is 1. The Morgan fingerprint density at radius 2 is 2.05 bits per heavy atom. The van der Waals surface area contributed by atoms with Crippen molar-refractivity contribution in [2.24, 2.45) is 0 Å². The Bertz CT molecular complexity index is 637. The molecule has 1 aromatic heterocycles. The highest BCUT2D eigenvalue weighted by Gasteiger charge is 2.41. The van der Waals surface area contributed by atoms with Crippen molar-refractivity contribution >= 4 is 16.7 Å². The number of rotatable bonds is 4. The first-order valence-corrected chi connectivity index (χ1v) is 7.37. The van der Waals surface area contributed by atoms with Gasteiger partial charge in [0.25, 0.3) is 0 Å². The molecule has 110 valence electrons. The van der Waals surface area contributed by atoms with E-state index >= 15 is 0 Å². The summed E-state index contributed by atoms with van der Waals surface area (Å²) < 4.78 is 11.3. The van der Waals surface area contributed by atoms with Crippen LogP contribution in [0.1, 0.15) is 30.1 Å². The molecule has 0 radical (unpaired) electrons. The number of benzene rings is 1. The zero-order valence-corrected chi connectivity index (χ0v) is 12.2. The van der Waals surface area contributed by atoms with Crippen LogP contribution in [0.15, 0.2) is 36.5 Å². The minimum Gasteiger partial charge on any atom is -0.381 e. The van der Waals surface area contributed by atoms with Gasteiger partial charge in [0, 0.05) is 49.8 Å². The van der Waals surface area contributed by atoms with Crippen LogP contribution in [-0.2, 0) is 9.47 Å². The SMILES string of the molecule is CCOC1(C(=O)c2cccc3cccnc23)CCOCC1. The van der Waals surface area contributed by atoms with Crippen LogP contribution in [0.25, 0.3) is 10.9 Å². The van der Waals surface area contributed by atoms with Crippen molar-refractivity contribution in [1.29, 1.82) is 0 Å². The number of hydrogen-bond acceptors (Lipinski definition) is 4. The van der Waals surface area contributed by atoms with Crippen LogP contribution < -0.4 is 0 Å². The summed E-state index contributed by atoms with van der Waals surface area (Å²) in [5.74, 6) is 0.0250. The van der Waals surface area contributed by atoms with Gasteiger partial charge < -0.3 is 9.47 Å². The van der Waals surface area contributed by atoms with E-state index in [0.29, 0.717) is 38.2 Å². The summed E-state index contributed by atoms with van der Waals surface area (Å²) in [6, 6.07) is 9.56. The highest BCUT2D eigenvalue weighted by molar-refractivity contribution is 6.10. The Balaban J connectivity index is 2.06. The van der Waals surface area contributed by atoms with E-state index in [1.165, 1.54) is 0 Å². The number of para-hydroxylation sites is 1. The fourth-order valence-electron chi connectivity index (χ4n) is 2.95. The number of carbonyl (C=O) groups excluding carboxylic acids is 1. The molecule has 0 atom stereocenters. The molecule has 0 unspecified atom stereocenters. The molecule has 0 bridgehead atoms. The maximum Gasteiger partial charge on any atom is 0.196 e. The number of pyridine rings is 1. The third-order valence-electron chi connectivity index (χ3n) is 4.01. The highest BCUT2D eigenvalue weighted by Crippen LogP contribution is 2.31. The van der Waals surface area contributed by atoms with E-state index in [1.54, 1.807) is 6.20 Å². The number of carbonyl (C=O) groups is 1. The van der Waals surface area contributed by atoms with Gasteiger partial charge >= 0.3 is 0 Å². The number of Topliss-reactive ketones (excluding diaryl/α,β-unsaturated/α-hetero) is 1. The molecule has 3 rings (SSSR count). The lowest BCUT2D eigenvalue weighted by Crippen LogP contribution is -2.46. The third-order valence-corrected chi connectivity index (χ3v) is 4.01. The van der Waals surface area contributed by atoms with Crippen molar-refractivity contribution < 1.29 is 14.3 Å². The lowest BCUT2D eigenvalue weighted by atomic mass is 9.85. The summed E-state index contributed by atoms with van der Waals surface area (Å²) in [5, 5.41) is 0.974. The van der Waals surface area contributed by atoms with Gasteiger partial charge in [0.15, 0.2) is 5.78 Å². The largest absolute Gasteiger partial charge is 0.381 e. The second-order valence-corrected chi connectivity index (χ2v) is 5.25. The van der Waals surface area contributed by atoms with E-state index in [1.807, 2.05) is 37.3 Å². The molecule has 1 saturated heterocycles. The molecule has 4 heteroatoms. The molecule has 4 nitrogen and oxygen atoms in total. The normalized spacial score (nSPS) is 17.8. The van der Waals surface area contributed by atoms with Crippen molar-refractivity contribution in [3.63, 3.8) is 0 Å². The fourth-order valence-corrected chi connectivity index (χ4v) is 2.95. The molecule has 1 fully saturated rings. The van der Waals surface area contributed by atoms with Gasteiger partial charge in [0.1, 0.15) is 5.60 Å². The van der Waals surface area contributed by atoms with Crippen LogP contribution in [0.5, 0.6) is 0 Å². The van der Waals surface area contributed by atoms with Gasteiger partial charge in [-0.25, -0.2) is 0 Å². The molecule has 0 amide bonds. The van der Waals surface area contributed by atoms with E-state index in [4.69, 9.17) is 9.47 Å². The smallest absolute Gasteiger partial charge is 0.196 e. The molecule has 0 saturated carbocycles. The molecule has 0 spiro atoms. The molecule has 0 N–H and O–H groups in total. The Hall–Kier alpha value is -1.78. The summed E-state index contributed by atoms with van der Waals surface area (Å²) in [6.07, 6.45) is 2.92. The second kappa shape index (κ2) is 5.92. The van der Waals surface area contributed by atoms with Crippen LogP contribution in [0.4, 0.5) is 0 Å². The van der Waals surface area contributed by atoms with Crippen LogP contribution in [0.3, 0.4) is 0 Å². The monoisotopic (exact) mass is 285 g/mol. The van der Waals surface area contributed by atoms with Crippen LogP contribution in [-0.4, -0.2) is 36.2 Å². The van der Waals surface area contributed by atoms with Crippen LogP contribution in [0, 0.1) is 0 Å². The lowest BCUT2D eigenvalue weighted by Gasteiger charge is -2.35. The number of nitrogens with zero attached hydrogens (tertiary/aromatic N) is 1. The van der Waals surface area contributed by atoms with Gasteiger partial charge in [-0.3, -0.25) is 9.78 Å². The summed E-state index contributed by atoms with van der Waals surface area (Å²) in [5.41, 5.74) is 0.623. The topological polar surface area (TPSA) is 48.4 Å². The quantitative estimate of drug-likeness (QED) is 0.810. The van der Waals surface area contributed by atoms with Crippen LogP contribution >= 0.6 is 0 Å². The van der Waals surface area contributed by atoms with E-state index in [0.717, 1.165) is 10.9 Å². The molecule has 2 heterocycles. The molecule has 1 aliphatic heterocycles. The predicted molar refractivity (Wildman–Crippen MR) is 80.5 cm³/mol. The summed E-state index contributed by atoms with van der Waals surface area (Å²) in [4.78, 5) is 17.5. The number of aromatic nitrogens is 1. The minimum absolute atomic E-state index is 0.0250. The van der Waals surface area contributed by atoms with E-state index in [2.05, 4.69) is 4.98 Å². The highest BCUT2D eigenvalue weighted by atomic mass is 16.5. The Morgan fingerprint density at radius 1 is 1.29 bits per heavy atom. The van der Waals surface area contributed by atoms with Gasteiger partial charge in [0.05, 0.1) is 5.52 Å². The van der Waals surface area contributed by atoms with Gasteiger partial charge in [0.2, 0.25) is 0 Å². The molecule has 2 aromatic rings. The summed E-state index contributed by atoms with van der Waals surface area (Å²) in [6.45, 7) is 3.56. The first kappa shape index (κ1) is 14.2. The zero-order chi connectivity index (χ0) is 14.7. The zero-order valence-electron chi connectivity index (χ0n) is 12.2. The minimum atomic E-state index is -0.765.